The number of nitrogens with zero attached hydrogens (tertiary/aromatic N) is 3. The normalized spacial score (nSPS) is 16.9. The Kier molecular flexibility index (Phi) is 4.71. The molecule has 8 heteroatoms. The van der Waals surface area contributed by atoms with Crippen LogP contribution in [0.1, 0.15) is 27.1 Å². The standard InChI is InChI=1S/C16H14ClFN4O2/c17-14-3-4-15(21-20-14)19-11-5-6-22(8-11)16(24)12-7-10(9-23)1-2-13(12)18/h1-4,7,9,11H,5-6,8H2,(H,19,21). The first-order valence-corrected chi connectivity index (χ1v) is 7.74. The van der Waals surface area contributed by atoms with Gasteiger partial charge in [-0.2, -0.15) is 0 Å². The minimum Gasteiger partial charge on any atom is -0.364 e. The molecule has 2 heterocycles. The number of aromatic nitrogens is 2. The molecule has 24 heavy (non-hydrogen) atoms. The lowest BCUT2D eigenvalue weighted by atomic mass is 10.1. The zero-order chi connectivity index (χ0) is 17.1. The van der Waals surface area contributed by atoms with Crippen LogP contribution in [0.4, 0.5) is 10.2 Å². The average molecular weight is 349 g/mol. The summed E-state index contributed by atoms with van der Waals surface area (Å²) < 4.78 is 13.9. The first-order valence-electron chi connectivity index (χ1n) is 7.36. The van der Waals surface area contributed by atoms with Gasteiger partial charge in [-0.15, -0.1) is 10.2 Å². The number of hydrogen-bond donors (Lipinski definition) is 1. The van der Waals surface area contributed by atoms with E-state index in [1.54, 1.807) is 17.0 Å². The van der Waals surface area contributed by atoms with Gasteiger partial charge in [-0.3, -0.25) is 9.59 Å². The summed E-state index contributed by atoms with van der Waals surface area (Å²) in [4.78, 5) is 24.8. The molecule has 0 bridgehead atoms. The van der Waals surface area contributed by atoms with Gasteiger partial charge >= 0.3 is 0 Å². The lowest BCUT2D eigenvalue weighted by molar-refractivity contribution is 0.0787. The highest BCUT2D eigenvalue weighted by Gasteiger charge is 2.28. The number of hydrogen-bond acceptors (Lipinski definition) is 5. The van der Waals surface area contributed by atoms with Gasteiger partial charge in [0.25, 0.3) is 5.91 Å². The number of anilines is 1. The molecule has 1 N–H and O–H groups in total. The third kappa shape index (κ3) is 3.51. The second-order valence-corrected chi connectivity index (χ2v) is 5.87. The van der Waals surface area contributed by atoms with Gasteiger partial charge in [0.15, 0.2) is 5.15 Å². The summed E-state index contributed by atoms with van der Waals surface area (Å²) in [6.07, 6.45) is 1.29. The van der Waals surface area contributed by atoms with Crippen molar-refractivity contribution in [2.45, 2.75) is 12.5 Å². The molecule has 1 unspecified atom stereocenters. The second kappa shape index (κ2) is 6.92. The van der Waals surface area contributed by atoms with E-state index in [0.29, 0.717) is 36.8 Å². The molecule has 1 fully saturated rings. The molecular weight excluding hydrogens is 335 g/mol. The fourth-order valence-electron chi connectivity index (χ4n) is 2.62. The molecule has 0 spiro atoms. The predicted octanol–water partition coefficient (Wildman–Crippen LogP) is 2.41. The lowest BCUT2D eigenvalue weighted by Crippen LogP contribution is -2.32. The van der Waals surface area contributed by atoms with Gasteiger partial charge in [0.05, 0.1) is 5.56 Å². The van der Waals surface area contributed by atoms with Crippen LogP contribution in [0.5, 0.6) is 0 Å². The zero-order valence-corrected chi connectivity index (χ0v) is 13.3. The van der Waals surface area contributed by atoms with E-state index in [-0.39, 0.29) is 17.2 Å². The van der Waals surface area contributed by atoms with Crippen LogP contribution in [0, 0.1) is 5.82 Å². The molecule has 1 aromatic heterocycles. The summed E-state index contributed by atoms with van der Waals surface area (Å²) >= 11 is 5.69. The third-order valence-corrected chi connectivity index (χ3v) is 4.02. The van der Waals surface area contributed by atoms with E-state index in [0.717, 1.165) is 6.07 Å². The molecule has 3 rings (SSSR count). The maximum absolute atomic E-state index is 13.9. The Labute approximate surface area is 142 Å². The van der Waals surface area contributed by atoms with E-state index >= 15 is 0 Å². The smallest absolute Gasteiger partial charge is 0.256 e. The Bertz CT molecular complexity index is 769. The number of amides is 1. The Hall–Kier alpha value is -2.54. The number of nitrogens with one attached hydrogen (secondary N) is 1. The number of carbonyl (C=O) groups is 2. The monoisotopic (exact) mass is 348 g/mol. The van der Waals surface area contributed by atoms with Crippen molar-refractivity contribution in [3.05, 3.63) is 52.4 Å². The molecule has 0 saturated carbocycles. The summed E-state index contributed by atoms with van der Waals surface area (Å²) in [7, 11) is 0. The molecule has 1 atom stereocenters. The zero-order valence-electron chi connectivity index (χ0n) is 12.6. The maximum atomic E-state index is 13.9. The summed E-state index contributed by atoms with van der Waals surface area (Å²) in [6.45, 7) is 0.899. The van der Waals surface area contributed by atoms with Crippen molar-refractivity contribution in [1.82, 2.24) is 15.1 Å². The highest BCUT2D eigenvalue weighted by atomic mass is 35.5. The van der Waals surface area contributed by atoms with Crippen LogP contribution in [0.25, 0.3) is 0 Å². The van der Waals surface area contributed by atoms with Crippen molar-refractivity contribution in [3.63, 3.8) is 0 Å². The topological polar surface area (TPSA) is 75.2 Å². The van der Waals surface area contributed by atoms with Crippen molar-refractivity contribution >= 4 is 29.6 Å². The lowest BCUT2D eigenvalue weighted by Gasteiger charge is -2.18. The van der Waals surface area contributed by atoms with Gasteiger partial charge in [0, 0.05) is 24.7 Å². The fraction of sp³-hybridized carbons (Fsp3) is 0.250. The van der Waals surface area contributed by atoms with Crippen LogP contribution in [-0.4, -0.2) is 46.4 Å². The average Bonchev–Trinajstić information content (AvgIpc) is 3.05. The molecule has 0 radical (unpaired) electrons. The number of rotatable bonds is 4. The number of carbonyl (C=O) groups excluding carboxylic acids is 2. The van der Waals surface area contributed by atoms with Crippen molar-refractivity contribution in [2.75, 3.05) is 18.4 Å². The van der Waals surface area contributed by atoms with Gasteiger partial charge in [0.2, 0.25) is 0 Å². The molecule has 1 aliphatic rings. The molecule has 1 saturated heterocycles. The third-order valence-electron chi connectivity index (χ3n) is 3.82. The van der Waals surface area contributed by atoms with Crippen molar-refractivity contribution in [3.8, 4) is 0 Å². The number of benzene rings is 1. The van der Waals surface area contributed by atoms with Gasteiger partial charge in [-0.05, 0) is 36.8 Å². The Balaban J connectivity index is 1.67. The van der Waals surface area contributed by atoms with Crippen LogP contribution in [-0.2, 0) is 0 Å². The molecular formula is C16H14ClFN4O2. The van der Waals surface area contributed by atoms with E-state index in [1.165, 1.54) is 12.1 Å². The number of halogens is 2. The Morgan fingerprint density at radius 1 is 1.33 bits per heavy atom. The molecule has 124 valence electrons. The minimum absolute atomic E-state index is 0.0123. The van der Waals surface area contributed by atoms with Crippen molar-refractivity contribution in [1.29, 1.82) is 0 Å². The summed E-state index contributed by atoms with van der Waals surface area (Å²) in [5, 5.41) is 11.1. The van der Waals surface area contributed by atoms with Crippen LogP contribution in [0.3, 0.4) is 0 Å². The van der Waals surface area contributed by atoms with Gasteiger partial charge in [-0.1, -0.05) is 11.6 Å². The first kappa shape index (κ1) is 16.3. The summed E-state index contributed by atoms with van der Waals surface area (Å²) in [5.74, 6) is -0.499. The largest absolute Gasteiger partial charge is 0.364 e. The van der Waals surface area contributed by atoms with Crippen molar-refractivity contribution in [2.24, 2.45) is 0 Å². The molecule has 1 aliphatic heterocycles. The van der Waals surface area contributed by atoms with E-state index in [2.05, 4.69) is 15.5 Å². The Morgan fingerprint density at radius 3 is 2.88 bits per heavy atom. The van der Waals surface area contributed by atoms with E-state index in [1.807, 2.05) is 0 Å². The van der Waals surface area contributed by atoms with Crippen molar-refractivity contribution < 1.29 is 14.0 Å². The minimum atomic E-state index is -0.634. The van der Waals surface area contributed by atoms with Crippen LogP contribution >= 0.6 is 11.6 Å². The van der Waals surface area contributed by atoms with Crippen LogP contribution in [0.15, 0.2) is 30.3 Å². The second-order valence-electron chi connectivity index (χ2n) is 5.48. The molecule has 1 aromatic carbocycles. The van der Waals surface area contributed by atoms with Crippen LogP contribution in [0.2, 0.25) is 5.15 Å². The molecule has 2 aromatic rings. The highest BCUT2D eigenvalue weighted by Crippen LogP contribution is 2.19. The van der Waals surface area contributed by atoms with E-state index < -0.39 is 11.7 Å². The van der Waals surface area contributed by atoms with Gasteiger partial charge in [0.1, 0.15) is 17.9 Å². The van der Waals surface area contributed by atoms with E-state index in [4.69, 9.17) is 11.6 Å². The highest BCUT2D eigenvalue weighted by molar-refractivity contribution is 6.29. The SMILES string of the molecule is O=Cc1ccc(F)c(C(=O)N2CCC(Nc3ccc(Cl)nn3)C2)c1. The van der Waals surface area contributed by atoms with E-state index in [9.17, 15) is 14.0 Å². The number of likely N-dealkylation sites (tertiary alicyclic amines) is 1. The fourth-order valence-corrected chi connectivity index (χ4v) is 2.72. The van der Waals surface area contributed by atoms with Crippen LogP contribution < -0.4 is 5.32 Å². The molecule has 6 nitrogen and oxygen atoms in total. The summed E-state index contributed by atoms with van der Waals surface area (Å²) in [5.41, 5.74) is 0.177. The number of aldehydes is 1. The van der Waals surface area contributed by atoms with Gasteiger partial charge in [-0.25, -0.2) is 4.39 Å². The quantitative estimate of drug-likeness (QED) is 0.859. The summed E-state index contributed by atoms with van der Waals surface area (Å²) in [6, 6.07) is 7.05. The Morgan fingerprint density at radius 2 is 2.17 bits per heavy atom. The molecule has 1 amide bonds. The van der Waals surface area contributed by atoms with Gasteiger partial charge < -0.3 is 10.2 Å². The maximum Gasteiger partial charge on any atom is 0.256 e. The predicted molar refractivity (Wildman–Crippen MR) is 86.8 cm³/mol. The molecule has 0 aliphatic carbocycles. The first-order chi connectivity index (χ1) is 11.6.